The number of rotatable bonds is 6. The summed E-state index contributed by atoms with van der Waals surface area (Å²) >= 11 is 0. The Labute approximate surface area is 194 Å². The van der Waals surface area contributed by atoms with Gasteiger partial charge in [-0.1, -0.05) is 36.4 Å². The summed E-state index contributed by atoms with van der Waals surface area (Å²) in [6.45, 7) is 2.72. The van der Waals surface area contributed by atoms with E-state index in [-0.39, 0.29) is 24.7 Å². The van der Waals surface area contributed by atoms with Gasteiger partial charge in [-0.2, -0.15) is 0 Å². The molecule has 6 heteroatoms. The van der Waals surface area contributed by atoms with Crippen LogP contribution in [0, 0.1) is 6.92 Å². The normalized spacial score (nSPS) is 15.5. The van der Waals surface area contributed by atoms with Crippen molar-refractivity contribution in [1.29, 1.82) is 0 Å². The third-order valence-corrected chi connectivity index (χ3v) is 5.83. The first kappa shape index (κ1) is 22.7. The zero-order valence-corrected chi connectivity index (χ0v) is 18.9. The molecule has 3 aromatic carbocycles. The van der Waals surface area contributed by atoms with Crippen LogP contribution in [-0.2, 0) is 9.47 Å². The number of para-hydroxylation sites is 1. The van der Waals surface area contributed by atoms with E-state index in [0.717, 1.165) is 29.7 Å². The number of hydrogen-bond donors (Lipinski definition) is 1. The van der Waals surface area contributed by atoms with E-state index in [2.05, 4.69) is 5.32 Å². The first-order chi connectivity index (χ1) is 16.1. The summed E-state index contributed by atoms with van der Waals surface area (Å²) in [5.74, 6) is -0.248. The molecule has 6 nitrogen and oxygen atoms in total. The van der Waals surface area contributed by atoms with Crippen LogP contribution in [0.4, 0.5) is 11.4 Å². The molecule has 3 aromatic rings. The van der Waals surface area contributed by atoms with E-state index < -0.39 is 0 Å². The van der Waals surface area contributed by atoms with Crippen LogP contribution in [0.2, 0.25) is 0 Å². The zero-order chi connectivity index (χ0) is 23.2. The fraction of sp³-hybridized carbons (Fsp3) is 0.259. The van der Waals surface area contributed by atoms with Crippen molar-refractivity contribution in [2.45, 2.75) is 25.9 Å². The number of hydrogen-bond acceptors (Lipinski definition) is 4. The van der Waals surface area contributed by atoms with E-state index in [1.54, 1.807) is 37.4 Å². The largest absolute Gasteiger partial charge is 0.359 e. The van der Waals surface area contributed by atoms with Crippen LogP contribution in [0.5, 0.6) is 0 Å². The number of amides is 2. The Morgan fingerprint density at radius 3 is 2.48 bits per heavy atom. The smallest absolute Gasteiger partial charge is 0.258 e. The van der Waals surface area contributed by atoms with E-state index in [4.69, 9.17) is 9.47 Å². The SMILES string of the molecule is COCO[C@H]1CCCN(C(=O)c2ccc(NC(=O)c3ccccc3C)cc2)c2ccccc21. The van der Waals surface area contributed by atoms with Gasteiger partial charge in [-0.3, -0.25) is 9.59 Å². The van der Waals surface area contributed by atoms with Gasteiger partial charge in [0.1, 0.15) is 6.79 Å². The minimum atomic E-state index is -0.171. The van der Waals surface area contributed by atoms with E-state index >= 15 is 0 Å². The van der Waals surface area contributed by atoms with Gasteiger partial charge in [-0.05, 0) is 61.7 Å². The third-order valence-electron chi connectivity index (χ3n) is 5.83. The molecule has 0 aromatic heterocycles. The first-order valence-corrected chi connectivity index (χ1v) is 11.1. The number of ether oxygens (including phenoxy) is 2. The molecule has 1 N–H and O–H groups in total. The number of nitrogens with zero attached hydrogens (tertiary/aromatic N) is 1. The number of fused-ring (bicyclic) bond motifs is 1. The van der Waals surface area contributed by atoms with Crippen molar-refractivity contribution in [2.24, 2.45) is 0 Å². The van der Waals surface area contributed by atoms with Gasteiger partial charge >= 0.3 is 0 Å². The van der Waals surface area contributed by atoms with Crippen LogP contribution >= 0.6 is 0 Å². The van der Waals surface area contributed by atoms with Gasteiger partial charge in [0.15, 0.2) is 0 Å². The number of aryl methyl sites for hydroxylation is 1. The monoisotopic (exact) mass is 444 g/mol. The number of carbonyl (C=O) groups excluding carboxylic acids is 2. The van der Waals surface area contributed by atoms with Crippen LogP contribution < -0.4 is 10.2 Å². The van der Waals surface area contributed by atoms with E-state index in [9.17, 15) is 9.59 Å². The Morgan fingerprint density at radius 1 is 1.00 bits per heavy atom. The number of nitrogens with one attached hydrogen (secondary N) is 1. The molecular weight excluding hydrogens is 416 g/mol. The summed E-state index contributed by atoms with van der Waals surface area (Å²) in [4.78, 5) is 27.8. The lowest BCUT2D eigenvalue weighted by atomic mass is 10.0. The maximum atomic E-state index is 13.4. The van der Waals surface area contributed by atoms with Crippen LogP contribution in [0.3, 0.4) is 0 Å². The minimum absolute atomic E-state index is 0.0772. The Balaban J connectivity index is 1.52. The lowest BCUT2D eigenvalue weighted by molar-refractivity contribution is -0.0753. The highest BCUT2D eigenvalue weighted by Gasteiger charge is 2.27. The fourth-order valence-corrected chi connectivity index (χ4v) is 4.13. The van der Waals surface area contributed by atoms with Crippen molar-refractivity contribution in [2.75, 3.05) is 30.7 Å². The second-order valence-corrected chi connectivity index (χ2v) is 8.07. The molecule has 0 spiro atoms. The van der Waals surface area contributed by atoms with Gasteiger partial charge in [-0.15, -0.1) is 0 Å². The van der Waals surface area contributed by atoms with Gasteiger partial charge in [0, 0.05) is 41.7 Å². The summed E-state index contributed by atoms with van der Waals surface area (Å²) < 4.78 is 11.0. The second-order valence-electron chi connectivity index (χ2n) is 8.07. The average molecular weight is 445 g/mol. The molecule has 0 saturated heterocycles. The third kappa shape index (κ3) is 5.13. The van der Waals surface area contributed by atoms with Crippen LogP contribution in [0.25, 0.3) is 0 Å². The van der Waals surface area contributed by atoms with Crippen LogP contribution in [0.15, 0.2) is 72.8 Å². The van der Waals surface area contributed by atoms with Gasteiger partial charge in [-0.25, -0.2) is 0 Å². The summed E-state index contributed by atoms with van der Waals surface area (Å²) in [5.41, 5.74) is 4.60. The van der Waals surface area contributed by atoms with E-state index in [1.807, 2.05) is 54.3 Å². The quantitative estimate of drug-likeness (QED) is 0.521. The van der Waals surface area contributed by atoms with Crippen molar-refractivity contribution in [1.82, 2.24) is 0 Å². The van der Waals surface area contributed by atoms with Crippen LogP contribution in [-0.4, -0.2) is 32.3 Å². The Bertz CT molecular complexity index is 1130. The molecule has 33 heavy (non-hydrogen) atoms. The maximum absolute atomic E-state index is 13.4. The van der Waals surface area contributed by atoms with Crippen LogP contribution in [0.1, 0.15) is 50.8 Å². The second kappa shape index (κ2) is 10.4. The zero-order valence-electron chi connectivity index (χ0n) is 18.9. The summed E-state index contributed by atoms with van der Waals surface area (Å²) in [6, 6.07) is 22.3. The molecule has 4 rings (SSSR count). The predicted octanol–water partition coefficient (Wildman–Crippen LogP) is 5.35. The number of carbonyl (C=O) groups is 2. The summed E-state index contributed by atoms with van der Waals surface area (Å²) in [7, 11) is 1.60. The molecule has 1 aliphatic heterocycles. The molecule has 0 saturated carbocycles. The maximum Gasteiger partial charge on any atom is 0.258 e. The highest BCUT2D eigenvalue weighted by atomic mass is 16.7. The van der Waals surface area contributed by atoms with Gasteiger partial charge in [0.2, 0.25) is 0 Å². The van der Waals surface area contributed by atoms with Crippen molar-refractivity contribution in [3.05, 3.63) is 95.1 Å². The fourth-order valence-electron chi connectivity index (χ4n) is 4.13. The van der Waals surface area contributed by atoms with Crippen molar-refractivity contribution >= 4 is 23.2 Å². The lowest BCUT2D eigenvalue weighted by Gasteiger charge is -2.24. The highest BCUT2D eigenvalue weighted by molar-refractivity contribution is 6.08. The van der Waals surface area contributed by atoms with Gasteiger partial charge < -0.3 is 19.7 Å². The van der Waals surface area contributed by atoms with Gasteiger partial charge in [0.25, 0.3) is 11.8 Å². The van der Waals surface area contributed by atoms with Crippen molar-refractivity contribution < 1.29 is 19.1 Å². The van der Waals surface area contributed by atoms with E-state index in [0.29, 0.717) is 23.4 Å². The number of anilines is 2. The standard InChI is InChI=1S/C27H28N2O4/c1-19-8-3-4-9-22(19)26(30)28-21-15-13-20(14-16-21)27(31)29-17-7-12-25(33-18-32-2)23-10-5-6-11-24(23)29/h3-6,8-11,13-16,25H,7,12,17-18H2,1-2H3,(H,28,30)/t25-/m0/s1. The molecule has 2 amide bonds. The van der Waals surface area contributed by atoms with E-state index in [1.165, 1.54) is 0 Å². The minimum Gasteiger partial charge on any atom is -0.359 e. The predicted molar refractivity (Wildman–Crippen MR) is 129 cm³/mol. The average Bonchev–Trinajstić information content (AvgIpc) is 3.02. The summed E-state index contributed by atoms with van der Waals surface area (Å²) in [5, 5.41) is 2.90. The number of methoxy groups -OCH3 is 1. The Hall–Kier alpha value is -3.48. The number of benzene rings is 3. The molecule has 0 unspecified atom stereocenters. The first-order valence-electron chi connectivity index (χ1n) is 11.1. The molecule has 0 bridgehead atoms. The Morgan fingerprint density at radius 2 is 1.73 bits per heavy atom. The molecule has 170 valence electrons. The molecule has 1 heterocycles. The molecule has 1 atom stereocenters. The van der Waals surface area contributed by atoms with Crippen molar-refractivity contribution in [3.63, 3.8) is 0 Å². The highest BCUT2D eigenvalue weighted by Crippen LogP contribution is 2.35. The molecule has 1 aliphatic rings. The topological polar surface area (TPSA) is 67.9 Å². The summed E-state index contributed by atoms with van der Waals surface area (Å²) in [6.07, 6.45) is 1.52. The molecule has 0 aliphatic carbocycles. The van der Waals surface area contributed by atoms with Gasteiger partial charge in [0.05, 0.1) is 6.10 Å². The lowest BCUT2D eigenvalue weighted by Crippen LogP contribution is -2.31. The molecular formula is C27H28N2O4. The molecule has 0 radical (unpaired) electrons. The van der Waals surface area contributed by atoms with Crippen molar-refractivity contribution in [3.8, 4) is 0 Å². The Kier molecular flexibility index (Phi) is 7.17. The molecule has 0 fully saturated rings.